The van der Waals surface area contributed by atoms with Gasteiger partial charge in [0.2, 0.25) is 5.91 Å². The second kappa shape index (κ2) is 7.68. The van der Waals surface area contributed by atoms with Gasteiger partial charge in [0.15, 0.2) is 0 Å². The molecular formula is C17H19N5O4. The van der Waals surface area contributed by atoms with Crippen LogP contribution >= 0.6 is 0 Å². The molecule has 1 aromatic heterocycles. The molecule has 9 heteroatoms. The van der Waals surface area contributed by atoms with Gasteiger partial charge in [0.25, 0.3) is 5.91 Å². The summed E-state index contributed by atoms with van der Waals surface area (Å²) in [4.78, 5) is 44.5. The van der Waals surface area contributed by atoms with E-state index in [0.717, 1.165) is 10.6 Å². The number of nitrogens with one attached hydrogen (secondary N) is 3. The number of rotatable bonds is 7. The van der Waals surface area contributed by atoms with Gasteiger partial charge in [0.05, 0.1) is 25.5 Å². The van der Waals surface area contributed by atoms with E-state index in [9.17, 15) is 14.4 Å². The van der Waals surface area contributed by atoms with Crippen LogP contribution in [0.3, 0.4) is 0 Å². The van der Waals surface area contributed by atoms with Gasteiger partial charge >= 0.3 is 6.03 Å². The van der Waals surface area contributed by atoms with Crippen molar-refractivity contribution in [3.63, 3.8) is 0 Å². The van der Waals surface area contributed by atoms with Crippen molar-refractivity contribution in [2.75, 3.05) is 18.6 Å². The number of hydrogen-bond donors (Lipinski definition) is 3. The maximum absolute atomic E-state index is 12.5. The number of imide groups is 1. The summed E-state index contributed by atoms with van der Waals surface area (Å²) in [7, 11) is 1.53. The van der Waals surface area contributed by atoms with Gasteiger partial charge in [0, 0.05) is 24.9 Å². The normalized spacial score (nSPS) is 16.5. The molecule has 26 heavy (non-hydrogen) atoms. The lowest BCUT2D eigenvalue weighted by Crippen LogP contribution is -2.37. The lowest BCUT2D eigenvalue weighted by Gasteiger charge is -2.13. The highest BCUT2D eigenvalue weighted by molar-refractivity contribution is 6.22. The zero-order valence-electron chi connectivity index (χ0n) is 14.2. The molecule has 136 valence electrons. The molecule has 0 saturated carbocycles. The Kier molecular flexibility index (Phi) is 5.16. The molecule has 0 aliphatic carbocycles. The summed E-state index contributed by atoms with van der Waals surface area (Å²) in [5, 5.41) is 5.27. The Balaban J connectivity index is 1.55. The SMILES string of the molecule is COc1ccc(N2C(=O)N[C@@H](CC(=O)NCCc3cnc[nH]3)C2=O)cc1. The number of hydrogen-bond acceptors (Lipinski definition) is 5. The summed E-state index contributed by atoms with van der Waals surface area (Å²) in [6.07, 6.45) is 3.74. The van der Waals surface area contributed by atoms with Crippen molar-refractivity contribution < 1.29 is 19.1 Å². The van der Waals surface area contributed by atoms with Crippen LogP contribution < -0.4 is 20.3 Å². The van der Waals surface area contributed by atoms with E-state index >= 15 is 0 Å². The quantitative estimate of drug-likeness (QED) is 0.627. The van der Waals surface area contributed by atoms with Gasteiger partial charge in [-0.05, 0) is 24.3 Å². The van der Waals surface area contributed by atoms with Gasteiger partial charge in [-0.3, -0.25) is 9.59 Å². The zero-order valence-corrected chi connectivity index (χ0v) is 14.2. The molecule has 0 radical (unpaired) electrons. The highest BCUT2D eigenvalue weighted by atomic mass is 16.5. The largest absolute Gasteiger partial charge is 0.497 e. The van der Waals surface area contributed by atoms with Crippen molar-refractivity contribution in [3.8, 4) is 5.75 Å². The first-order valence-electron chi connectivity index (χ1n) is 8.11. The van der Waals surface area contributed by atoms with E-state index in [0.29, 0.717) is 24.4 Å². The minimum atomic E-state index is -0.878. The Labute approximate surface area is 149 Å². The first-order chi connectivity index (χ1) is 12.6. The minimum absolute atomic E-state index is 0.111. The molecule has 4 amide bonds. The molecule has 9 nitrogen and oxygen atoms in total. The molecule has 1 atom stereocenters. The second-order valence-corrected chi connectivity index (χ2v) is 5.75. The van der Waals surface area contributed by atoms with Crippen LogP contribution in [0.4, 0.5) is 10.5 Å². The van der Waals surface area contributed by atoms with E-state index in [-0.39, 0.29) is 12.3 Å². The number of carbonyl (C=O) groups excluding carboxylic acids is 3. The molecule has 1 aromatic carbocycles. The molecule has 0 unspecified atom stereocenters. The van der Waals surface area contributed by atoms with Crippen molar-refractivity contribution in [2.45, 2.75) is 18.9 Å². The van der Waals surface area contributed by atoms with Crippen molar-refractivity contribution in [3.05, 3.63) is 42.5 Å². The number of carbonyl (C=O) groups is 3. The number of ether oxygens (including phenoxy) is 1. The number of nitrogens with zero attached hydrogens (tertiary/aromatic N) is 2. The highest BCUT2D eigenvalue weighted by Gasteiger charge is 2.39. The third-order valence-corrected chi connectivity index (χ3v) is 4.01. The Bertz CT molecular complexity index is 788. The van der Waals surface area contributed by atoms with Crippen LogP contribution in [0.5, 0.6) is 5.75 Å². The summed E-state index contributed by atoms with van der Waals surface area (Å²) in [5.74, 6) is -0.141. The number of urea groups is 1. The molecule has 1 aliphatic rings. The van der Waals surface area contributed by atoms with Crippen LogP contribution in [0.2, 0.25) is 0 Å². The molecule has 1 aliphatic heterocycles. The van der Waals surface area contributed by atoms with Crippen LogP contribution in [-0.4, -0.2) is 47.5 Å². The van der Waals surface area contributed by atoms with E-state index in [1.807, 2.05) is 0 Å². The van der Waals surface area contributed by atoms with E-state index in [1.54, 1.807) is 36.8 Å². The third-order valence-electron chi connectivity index (χ3n) is 4.01. The van der Waals surface area contributed by atoms with Crippen LogP contribution in [0.1, 0.15) is 12.1 Å². The molecule has 2 aromatic rings. The standard InChI is InChI=1S/C17H19N5O4/c1-26-13-4-2-12(3-5-13)22-16(24)14(21-17(22)25)8-15(23)19-7-6-11-9-18-10-20-11/h2-5,9-10,14H,6-8H2,1H3,(H,18,20)(H,19,23)(H,21,25)/t14-/m0/s1. The molecule has 1 fully saturated rings. The second-order valence-electron chi connectivity index (χ2n) is 5.75. The smallest absolute Gasteiger partial charge is 0.329 e. The lowest BCUT2D eigenvalue weighted by molar-refractivity contribution is -0.125. The van der Waals surface area contributed by atoms with Crippen molar-refractivity contribution in [1.82, 2.24) is 20.6 Å². The van der Waals surface area contributed by atoms with Crippen LogP contribution in [0.25, 0.3) is 0 Å². The third kappa shape index (κ3) is 3.82. The molecule has 0 spiro atoms. The number of imidazole rings is 1. The lowest BCUT2D eigenvalue weighted by atomic mass is 10.2. The number of amides is 4. The van der Waals surface area contributed by atoms with E-state index in [2.05, 4.69) is 20.6 Å². The fraction of sp³-hybridized carbons (Fsp3) is 0.294. The number of aromatic amines is 1. The molecular weight excluding hydrogens is 338 g/mol. The first kappa shape index (κ1) is 17.5. The Morgan fingerprint density at radius 3 is 2.73 bits per heavy atom. The Morgan fingerprint density at radius 1 is 1.31 bits per heavy atom. The summed E-state index contributed by atoms with van der Waals surface area (Å²) >= 11 is 0. The number of H-pyrrole nitrogens is 1. The van der Waals surface area contributed by atoms with Gasteiger partial charge in [-0.2, -0.15) is 0 Å². The summed E-state index contributed by atoms with van der Waals surface area (Å²) in [6.45, 7) is 0.415. The summed E-state index contributed by atoms with van der Waals surface area (Å²) < 4.78 is 5.06. The molecule has 3 rings (SSSR count). The number of benzene rings is 1. The highest BCUT2D eigenvalue weighted by Crippen LogP contribution is 2.23. The first-order valence-corrected chi connectivity index (χ1v) is 8.11. The van der Waals surface area contributed by atoms with Crippen molar-refractivity contribution in [2.24, 2.45) is 0 Å². The Hall–Kier alpha value is -3.36. The Morgan fingerprint density at radius 2 is 2.08 bits per heavy atom. The fourth-order valence-electron chi connectivity index (χ4n) is 2.66. The number of methoxy groups -OCH3 is 1. The van der Waals surface area contributed by atoms with Gasteiger partial charge in [-0.25, -0.2) is 14.7 Å². The number of aromatic nitrogens is 2. The minimum Gasteiger partial charge on any atom is -0.497 e. The maximum atomic E-state index is 12.5. The predicted octanol–water partition coefficient (Wildman–Crippen LogP) is 0.592. The van der Waals surface area contributed by atoms with Crippen LogP contribution in [0.15, 0.2) is 36.8 Å². The summed E-state index contributed by atoms with van der Waals surface area (Å²) in [5.41, 5.74) is 1.33. The average Bonchev–Trinajstić information content (AvgIpc) is 3.24. The van der Waals surface area contributed by atoms with Gasteiger partial charge in [0.1, 0.15) is 11.8 Å². The van der Waals surface area contributed by atoms with Crippen LogP contribution in [-0.2, 0) is 16.0 Å². The molecule has 1 saturated heterocycles. The maximum Gasteiger partial charge on any atom is 0.329 e. The molecule has 3 N–H and O–H groups in total. The van der Waals surface area contributed by atoms with Gasteiger partial charge in [-0.15, -0.1) is 0 Å². The van der Waals surface area contributed by atoms with E-state index in [1.165, 1.54) is 7.11 Å². The van der Waals surface area contributed by atoms with E-state index < -0.39 is 18.0 Å². The van der Waals surface area contributed by atoms with Gasteiger partial charge < -0.3 is 20.4 Å². The number of anilines is 1. The van der Waals surface area contributed by atoms with E-state index in [4.69, 9.17) is 4.74 Å². The average molecular weight is 357 g/mol. The molecule has 2 heterocycles. The predicted molar refractivity (Wildman–Crippen MR) is 92.7 cm³/mol. The fourth-order valence-corrected chi connectivity index (χ4v) is 2.66. The molecule has 0 bridgehead atoms. The van der Waals surface area contributed by atoms with Crippen molar-refractivity contribution in [1.29, 1.82) is 0 Å². The van der Waals surface area contributed by atoms with Crippen LogP contribution in [0, 0.1) is 0 Å². The zero-order chi connectivity index (χ0) is 18.5. The van der Waals surface area contributed by atoms with Gasteiger partial charge in [-0.1, -0.05) is 0 Å². The summed E-state index contributed by atoms with van der Waals surface area (Å²) in [6, 6.07) is 5.12. The monoisotopic (exact) mass is 357 g/mol. The van der Waals surface area contributed by atoms with Crippen molar-refractivity contribution >= 4 is 23.5 Å². The topological polar surface area (TPSA) is 116 Å².